The first-order valence-corrected chi connectivity index (χ1v) is 7.79. The number of methoxy groups -OCH3 is 1. The molecule has 3 nitrogen and oxygen atoms in total. The monoisotopic (exact) mass is 347 g/mol. The van der Waals surface area contributed by atoms with Crippen LogP contribution in [-0.4, -0.2) is 18.3 Å². The fourth-order valence-corrected chi connectivity index (χ4v) is 3.43. The van der Waals surface area contributed by atoms with Crippen LogP contribution in [0.2, 0.25) is 0 Å². The smallest absolute Gasteiger partial charge is 0.172 e. The number of para-hydroxylation sites is 1. The summed E-state index contributed by atoms with van der Waals surface area (Å²) in [6, 6.07) is 12.9. The first-order valence-electron chi connectivity index (χ1n) is 7.00. The average molecular weight is 348 g/mol. The summed E-state index contributed by atoms with van der Waals surface area (Å²) < 4.78 is 5.89. The van der Waals surface area contributed by atoms with E-state index in [4.69, 9.17) is 4.74 Å². The van der Waals surface area contributed by atoms with Gasteiger partial charge in [0.1, 0.15) is 0 Å². The molecule has 1 aliphatic heterocycles. The minimum absolute atomic E-state index is 0.149. The molecule has 21 heavy (non-hydrogen) atoms. The van der Waals surface area contributed by atoms with Crippen molar-refractivity contribution in [2.45, 2.75) is 25.9 Å². The second-order valence-corrected chi connectivity index (χ2v) is 6.29. The Morgan fingerprint density at radius 1 is 1.33 bits per heavy atom. The van der Waals surface area contributed by atoms with E-state index in [1.165, 1.54) is 11.3 Å². The number of anilines is 1. The molecule has 2 aromatic rings. The van der Waals surface area contributed by atoms with Gasteiger partial charge >= 0.3 is 0 Å². The van der Waals surface area contributed by atoms with E-state index < -0.39 is 0 Å². The lowest BCUT2D eigenvalue weighted by molar-refractivity contribution is 0.371. The Labute approximate surface area is 133 Å². The van der Waals surface area contributed by atoms with Crippen LogP contribution in [0.5, 0.6) is 11.5 Å². The van der Waals surface area contributed by atoms with Gasteiger partial charge in [-0.15, -0.1) is 0 Å². The highest BCUT2D eigenvalue weighted by atomic mass is 79.9. The summed E-state index contributed by atoms with van der Waals surface area (Å²) in [5.74, 6) is 0.649. The highest BCUT2D eigenvalue weighted by Crippen LogP contribution is 2.38. The number of benzene rings is 2. The van der Waals surface area contributed by atoms with Gasteiger partial charge in [0.15, 0.2) is 11.5 Å². The molecule has 2 aromatic carbocycles. The molecule has 1 N–H and O–H groups in total. The minimum atomic E-state index is 0.149. The van der Waals surface area contributed by atoms with E-state index in [9.17, 15) is 5.11 Å². The number of aromatic hydroxyl groups is 1. The van der Waals surface area contributed by atoms with Crippen LogP contribution in [0.3, 0.4) is 0 Å². The van der Waals surface area contributed by atoms with Gasteiger partial charge in [0.25, 0.3) is 0 Å². The van der Waals surface area contributed by atoms with Crippen molar-refractivity contribution in [1.29, 1.82) is 0 Å². The van der Waals surface area contributed by atoms with E-state index >= 15 is 0 Å². The number of hydrogen-bond acceptors (Lipinski definition) is 3. The Bertz CT molecular complexity index is 672. The molecule has 0 aromatic heterocycles. The normalized spacial score (nSPS) is 16.9. The quantitative estimate of drug-likeness (QED) is 0.906. The molecule has 0 saturated carbocycles. The van der Waals surface area contributed by atoms with Crippen LogP contribution in [-0.2, 0) is 13.0 Å². The number of ether oxygens (including phenoxy) is 1. The van der Waals surface area contributed by atoms with Crippen molar-refractivity contribution in [1.82, 2.24) is 0 Å². The second-order valence-electron chi connectivity index (χ2n) is 5.44. The SMILES string of the molecule is COc1cc(CN2c3ccccc3CC2C)cc(Br)c1O. The molecule has 0 bridgehead atoms. The molecule has 3 rings (SSSR count). The van der Waals surface area contributed by atoms with E-state index in [1.807, 2.05) is 12.1 Å². The van der Waals surface area contributed by atoms with Gasteiger partial charge < -0.3 is 14.7 Å². The Balaban J connectivity index is 1.92. The number of nitrogens with zero attached hydrogens (tertiary/aromatic N) is 1. The Morgan fingerprint density at radius 3 is 2.86 bits per heavy atom. The molecule has 0 spiro atoms. The van der Waals surface area contributed by atoms with Gasteiger partial charge in [-0.3, -0.25) is 0 Å². The van der Waals surface area contributed by atoms with Crippen molar-refractivity contribution in [3.05, 3.63) is 52.0 Å². The number of hydrogen-bond donors (Lipinski definition) is 1. The maximum Gasteiger partial charge on any atom is 0.172 e. The first-order chi connectivity index (χ1) is 10.1. The summed E-state index contributed by atoms with van der Waals surface area (Å²) in [5.41, 5.74) is 3.81. The molecule has 0 fully saturated rings. The Hall–Kier alpha value is -1.68. The predicted octanol–water partition coefficient (Wildman–Crippen LogP) is 4.11. The predicted molar refractivity (Wildman–Crippen MR) is 88.1 cm³/mol. The molecule has 4 heteroatoms. The van der Waals surface area contributed by atoms with Crippen molar-refractivity contribution in [2.24, 2.45) is 0 Å². The molecule has 110 valence electrons. The van der Waals surface area contributed by atoms with Crippen molar-refractivity contribution in [3.63, 3.8) is 0 Å². The number of halogens is 1. The molecule has 1 aliphatic rings. The third kappa shape index (κ3) is 2.60. The topological polar surface area (TPSA) is 32.7 Å². The molecule has 1 unspecified atom stereocenters. The van der Waals surface area contributed by atoms with Crippen LogP contribution in [0.15, 0.2) is 40.9 Å². The van der Waals surface area contributed by atoms with Gasteiger partial charge in [0.2, 0.25) is 0 Å². The van der Waals surface area contributed by atoms with E-state index in [2.05, 4.69) is 52.0 Å². The van der Waals surface area contributed by atoms with Crippen molar-refractivity contribution in [2.75, 3.05) is 12.0 Å². The lowest BCUT2D eigenvalue weighted by Crippen LogP contribution is -2.28. The Kier molecular flexibility index (Phi) is 3.81. The fourth-order valence-electron chi connectivity index (χ4n) is 2.94. The van der Waals surface area contributed by atoms with Crippen LogP contribution in [0.1, 0.15) is 18.1 Å². The zero-order chi connectivity index (χ0) is 15.0. The highest BCUT2D eigenvalue weighted by molar-refractivity contribution is 9.10. The standard InChI is InChI=1S/C17H18BrNO2/c1-11-7-13-5-3-4-6-15(13)19(11)10-12-8-14(18)17(20)16(9-12)21-2/h3-6,8-9,11,20H,7,10H2,1-2H3. The largest absolute Gasteiger partial charge is 0.503 e. The van der Waals surface area contributed by atoms with Gasteiger partial charge in [-0.05, 0) is 58.6 Å². The van der Waals surface area contributed by atoms with Gasteiger partial charge in [0, 0.05) is 18.3 Å². The van der Waals surface area contributed by atoms with Crippen LogP contribution in [0.25, 0.3) is 0 Å². The number of phenols is 1. The molecular formula is C17H18BrNO2. The van der Waals surface area contributed by atoms with Gasteiger partial charge in [-0.2, -0.15) is 0 Å². The third-order valence-corrected chi connectivity index (χ3v) is 4.61. The number of fused-ring (bicyclic) bond motifs is 1. The molecule has 0 amide bonds. The maximum absolute atomic E-state index is 9.91. The second kappa shape index (κ2) is 5.60. The molecular weight excluding hydrogens is 330 g/mol. The average Bonchev–Trinajstić information content (AvgIpc) is 2.79. The van der Waals surface area contributed by atoms with Crippen LogP contribution >= 0.6 is 15.9 Å². The summed E-state index contributed by atoms with van der Waals surface area (Å²) in [4.78, 5) is 2.40. The number of rotatable bonds is 3. The summed E-state index contributed by atoms with van der Waals surface area (Å²) in [6.07, 6.45) is 1.08. The molecule has 1 atom stereocenters. The lowest BCUT2D eigenvalue weighted by Gasteiger charge is -2.25. The summed E-state index contributed by atoms with van der Waals surface area (Å²) in [5, 5.41) is 9.91. The van der Waals surface area contributed by atoms with Gasteiger partial charge in [-0.25, -0.2) is 0 Å². The van der Waals surface area contributed by atoms with Gasteiger partial charge in [0.05, 0.1) is 11.6 Å². The van der Waals surface area contributed by atoms with Crippen molar-refractivity contribution < 1.29 is 9.84 Å². The van der Waals surface area contributed by atoms with Crippen LogP contribution in [0, 0.1) is 0 Å². The summed E-state index contributed by atoms with van der Waals surface area (Å²) in [7, 11) is 1.57. The van der Waals surface area contributed by atoms with E-state index in [-0.39, 0.29) is 5.75 Å². The maximum atomic E-state index is 9.91. The molecule has 1 heterocycles. The molecule has 0 saturated heterocycles. The van der Waals surface area contributed by atoms with Crippen LogP contribution < -0.4 is 9.64 Å². The summed E-state index contributed by atoms with van der Waals surface area (Å²) >= 11 is 3.39. The van der Waals surface area contributed by atoms with E-state index in [0.717, 1.165) is 18.5 Å². The van der Waals surface area contributed by atoms with Crippen molar-refractivity contribution >= 4 is 21.6 Å². The third-order valence-electron chi connectivity index (χ3n) is 4.01. The van der Waals surface area contributed by atoms with E-state index in [1.54, 1.807) is 7.11 Å². The number of phenolic OH excluding ortho intramolecular Hbond substituents is 1. The zero-order valence-corrected chi connectivity index (χ0v) is 13.7. The van der Waals surface area contributed by atoms with Crippen molar-refractivity contribution in [3.8, 4) is 11.5 Å². The zero-order valence-electron chi connectivity index (χ0n) is 12.1. The fraction of sp³-hybridized carbons (Fsp3) is 0.294. The Morgan fingerprint density at radius 2 is 2.10 bits per heavy atom. The lowest BCUT2D eigenvalue weighted by atomic mass is 10.1. The highest BCUT2D eigenvalue weighted by Gasteiger charge is 2.25. The first kappa shape index (κ1) is 14.3. The molecule has 0 aliphatic carbocycles. The van der Waals surface area contributed by atoms with Gasteiger partial charge in [-0.1, -0.05) is 18.2 Å². The molecule has 0 radical (unpaired) electrons. The summed E-state index contributed by atoms with van der Waals surface area (Å²) in [6.45, 7) is 3.04. The van der Waals surface area contributed by atoms with Crippen LogP contribution in [0.4, 0.5) is 5.69 Å². The minimum Gasteiger partial charge on any atom is -0.503 e. The van der Waals surface area contributed by atoms with E-state index in [0.29, 0.717) is 16.3 Å².